The van der Waals surface area contributed by atoms with Crippen molar-refractivity contribution in [2.24, 2.45) is 0 Å². The second-order valence-corrected chi connectivity index (χ2v) is 3.20. The third-order valence-corrected chi connectivity index (χ3v) is 1.91. The highest BCUT2D eigenvalue weighted by atomic mass is 16.4. The Morgan fingerprint density at radius 1 is 1.69 bits per heavy atom. The Morgan fingerprint density at radius 2 is 2.31 bits per heavy atom. The highest BCUT2D eigenvalue weighted by Crippen LogP contribution is 2.11. The summed E-state index contributed by atoms with van der Waals surface area (Å²) in [6.07, 6.45) is 1.77. The maximum absolute atomic E-state index is 10.7. The summed E-state index contributed by atoms with van der Waals surface area (Å²) in [4.78, 5) is 10.7. The maximum Gasteiger partial charge on any atom is 0.337 e. The van der Waals surface area contributed by atoms with Gasteiger partial charge in [-0.2, -0.15) is 0 Å². The van der Waals surface area contributed by atoms with Gasteiger partial charge in [0.1, 0.15) is 0 Å². The van der Waals surface area contributed by atoms with Crippen molar-refractivity contribution in [2.45, 2.75) is 20.4 Å². The normalized spacial score (nSPS) is 10.0. The van der Waals surface area contributed by atoms with E-state index in [1.807, 2.05) is 11.5 Å². The summed E-state index contributed by atoms with van der Waals surface area (Å²) in [7, 11) is 0. The summed E-state index contributed by atoms with van der Waals surface area (Å²) in [6, 6.07) is 1.61. The lowest BCUT2D eigenvalue weighted by Crippen LogP contribution is -2.03. The summed E-state index contributed by atoms with van der Waals surface area (Å²) >= 11 is 0. The lowest BCUT2D eigenvalue weighted by molar-refractivity contribution is 0.0696. The number of hydrogen-bond donors (Lipinski definition) is 1. The molecule has 0 fully saturated rings. The molecule has 1 heterocycles. The summed E-state index contributed by atoms with van der Waals surface area (Å²) in [6.45, 7) is 8.17. The van der Waals surface area contributed by atoms with E-state index in [-0.39, 0.29) is 0 Å². The minimum Gasteiger partial charge on any atom is -0.478 e. The molecular weight excluding hydrogens is 166 g/mol. The zero-order valence-electron chi connectivity index (χ0n) is 7.87. The third kappa shape index (κ3) is 1.99. The molecular formula is C10H13NO2. The fourth-order valence-electron chi connectivity index (χ4n) is 1.24. The zero-order valence-corrected chi connectivity index (χ0v) is 7.87. The molecule has 0 atom stereocenters. The van der Waals surface area contributed by atoms with Crippen LogP contribution in [0.4, 0.5) is 0 Å². The molecule has 1 aromatic heterocycles. The van der Waals surface area contributed by atoms with E-state index in [1.54, 1.807) is 19.2 Å². The summed E-state index contributed by atoms with van der Waals surface area (Å²) < 4.78 is 1.88. The van der Waals surface area contributed by atoms with Crippen LogP contribution >= 0.6 is 0 Å². The van der Waals surface area contributed by atoms with Gasteiger partial charge in [0.25, 0.3) is 0 Å². The highest BCUT2D eigenvalue weighted by molar-refractivity contribution is 5.88. The molecule has 0 saturated heterocycles. The van der Waals surface area contributed by atoms with Crippen LogP contribution in [0.5, 0.6) is 0 Å². The van der Waals surface area contributed by atoms with Crippen molar-refractivity contribution < 1.29 is 9.90 Å². The van der Waals surface area contributed by atoms with E-state index in [0.717, 1.165) is 11.3 Å². The molecule has 0 aliphatic rings. The minimum absolute atomic E-state index is 0.362. The molecule has 0 bridgehead atoms. The third-order valence-electron chi connectivity index (χ3n) is 1.91. The van der Waals surface area contributed by atoms with Gasteiger partial charge >= 0.3 is 5.97 Å². The molecule has 3 nitrogen and oxygen atoms in total. The molecule has 1 N–H and O–H groups in total. The van der Waals surface area contributed by atoms with E-state index in [2.05, 4.69) is 6.58 Å². The molecule has 3 heteroatoms. The number of carbonyl (C=O) groups is 1. The van der Waals surface area contributed by atoms with Gasteiger partial charge in [0.15, 0.2) is 0 Å². The second-order valence-electron chi connectivity index (χ2n) is 3.20. The Bertz CT molecular complexity index is 350. The average Bonchev–Trinajstić information content (AvgIpc) is 2.32. The lowest BCUT2D eigenvalue weighted by atomic mass is 10.2. The van der Waals surface area contributed by atoms with Crippen LogP contribution in [-0.2, 0) is 6.54 Å². The van der Waals surface area contributed by atoms with Crippen LogP contribution in [0.3, 0.4) is 0 Å². The Kier molecular flexibility index (Phi) is 2.56. The van der Waals surface area contributed by atoms with Gasteiger partial charge in [-0.3, -0.25) is 0 Å². The van der Waals surface area contributed by atoms with E-state index >= 15 is 0 Å². The molecule has 0 aliphatic carbocycles. The lowest BCUT2D eigenvalue weighted by Gasteiger charge is -2.05. The standard InChI is InChI=1S/C10H13NO2/c1-7(2)6-11-5-4-9(8(11)3)10(12)13/h4-5H,1,6H2,2-3H3,(H,12,13). The number of aromatic carboxylic acids is 1. The van der Waals surface area contributed by atoms with Gasteiger partial charge in [-0.25, -0.2) is 4.79 Å². The number of allylic oxidation sites excluding steroid dienone is 1. The van der Waals surface area contributed by atoms with Crippen molar-refractivity contribution in [2.75, 3.05) is 0 Å². The monoisotopic (exact) mass is 179 g/mol. The summed E-state index contributed by atoms with van der Waals surface area (Å²) in [5.41, 5.74) is 2.15. The molecule has 13 heavy (non-hydrogen) atoms. The number of carboxylic acid groups (broad SMARTS) is 1. The van der Waals surface area contributed by atoms with E-state index < -0.39 is 5.97 Å². The number of nitrogens with zero attached hydrogens (tertiary/aromatic N) is 1. The van der Waals surface area contributed by atoms with Gasteiger partial charge in [0, 0.05) is 18.4 Å². The van der Waals surface area contributed by atoms with Gasteiger partial charge in [-0.05, 0) is 19.9 Å². The highest BCUT2D eigenvalue weighted by Gasteiger charge is 2.10. The second kappa shape index (κ2) is 3.47. The fraction of sp³-hybridized carbons (Fsp3) is 0.300. The smallest absolute Gasteiger partial charge is 0.337 e. The molecule has 0 unspecified atom stereocenters. The number of aromatic nitrogens is 1. The van der Waals surface area contributed by atoms with Crippen molar-refractivity contribution in [3.05, 3.63) is 35.7 Å². The fourth-order valence-corrected chi connectivity index (χ4v) is 1.24. The molecule has 0 aromatic carbocycles. The Labute approximate surface area is 77.3 Å². The van der Waals surface area contributed by atoms with Crippen LogP contribution in [0, 0.1) is 6.92 Å². The summed E-state index contributed by atoms with van der Waals surface area (Å²) in [5.74, 6) is -0.877. The van der Waals surface area contributed by atoms with Gasteiger partial charge in [-0.15, -0.1) is 0 Å². The van der Waals surface area contributed by atoms with Crippen molar-refractivity contribution in [3.8, 4) is 0 Å². The number of carboxylic acids is 1. The average molecular weight is 179 g/mol. The maximum atomic E-state index is 10.7. The first-order chi connectivity index (χ1) is 6.02. The van der Waals surface area contributed by atoms with E-state index in [0.29, 0.717) is 12.1 Å². The van der Waals surface area contributed by atoms with Crippen LogP contribution in [-0.4, -0.2) is 15.6 Å². The Hall–Kier alpha value is -1.51. The summed E-state index contributed by atoms with van der Waals surface area (Å²) in [5, 5.41) is 8.78. The van der Waals surface area contributed by atoms with Crippen molar-refractivity contribution in [1.82, 2.24) is 4.57 Å². The van der Waals surface area contributed by atoms with Crippen molar-refractivity contribution in [3.63, 3.8) is 0 Å². The van der Waals surface area contributed by atoms with E-state index in [9.17, 15) is 4.79 Å². The first kappa shape index (κ1) is 9.58. The largest absolute Gasteiger partial charge is 0.478 e. The Balaban J connectivity index is 2.99. The van der Waals surface area contributed by atoms with Gasteiger partial charge < -0.3 is 9.67 Å². The molecule has 0 spiro atoms. The van der Waals surface area contributed by atoms with Crippen molar-refractivity contribution >= 4 is 5.97 Å². The Morgan fingerprint density at radius 3 is 2.69 bits per heavy atom. The van der Waals surface area contributed by atoms with Crippen LogP contribution in [0.1, 0.15) is 23.0 Å². The predicted octanol–water partition coefficient (Wildman–Crippen LogP) is 2.07. The van der Waals surface area contributed by atoms with E-state index in [1.165, 1.54) is 0 Å². The van der Waals surface area contributed by atoms with Gasteiger partial charge in [-0.1, -0.05) is 12.2 Å². The van der Waals surface area contributed by atoms with Crippen LogP contribution in [0.2, 0.25) is 0 Å². The van der Waals surface area contributed by atoms with Gasteiger partial charge in [0.2, 0.25) is 0 Å². The topological polar surface area (TPSA) is 42.2 Å². The molecule has 0 aliphatic heterocycles. The molecule has 0 amide bonds. The predicted molar refractivity (Wildman–Crippen MR) is 50.9 cm³/mol. The first-order valence-electron chi connectivity index (χ1n) is 4.05. The number of rotatable bonds is 3. The minimum atomic E-state index is -0.877. The van der Waals surface area contributed by atoms with Gasteiger partial charge in [0.05, 0.1) is 5.56 Å². The van der Waals surface area contributed by atoms with E-state index in [4.69, 9.17) is 5.11 Å². The molecule has 0 saturated carbocycles. The van der Waals surface area contributed by atoms with Crippen LogP contribution in [0.15, 0.2) is 24.4 Å². The SMILES string of the molecule is C=C(C)Cn1ccc(C(=O)O)c1C. The zero-order chi connectivity index (χ0) is 10.0. The molecule has 0 radical (unpaired) electrons. The van der Waals surface area contributed by atoms with Crippen LogP contribution < -0.4 is 0 Å². The quantitative estimate of drug-likeness (QED) is 0.722. The number of hydrogen-bond acceptors (Lipinski definition) is 1. The van der Waals surface area contributed by atoms with Crippen molar-refractivity contribution in [1.29, 1.82) is 0 Å². The molecule has 1 rings (SSSR count). The van der Waals surface area contributed by atoms with Crippen LogP contribution in [0.25, 0.3) is 0 Å². The molecule has 1 aromatic rings. The molecule has 70 valence electrons. The first-order valence-corrected chi connectivity index (χ1v) is 4.05.